The van der Waals surface area contributed by atoms with Crippen molar-refractivity contribution in [3.8, 4) is 17.2 Å². The summed E-state index contributed by atoms with van der Waals surface area (Å²) in [5, 5.41) is 3.00. The van der Waals surface area contributed by atoms with Crippen molar-refractivity contribution in [1.29, 1.82) is 0 Å². The highest BCUT2D eigenvalue weighted by molar-refractivity contribution is 5.79. The predicted octanol–water partition coefficient (Wildman–Crippen LogP) is 1.69. The van der Waals surface area contributed by atoms with E-state index in [4.69, 9.17) is 14.2 Å². The van der Waals surface area contributed by atoms with Crippen LogP contribution in [0.4, 0.5) is 5.69 Å². The summed E-state index contributed by atoms with van der Waals surface area (Å²) in [7, 11) is 5.94. The lowest BCUT2D eigenvalue weighted by Gasteiger charge is -2.17. The highest BCUT2D eigenvalue weighted by Crippen LogP contribution is 2.40. The minimum absolute atomic E-state index is 0.353. The molecule has 0 heterocycles. The van der Waals surface area contributed by atoms with Crippen LogP contribution in [0.1, 0.15) is 6.92 Å². The van der Waals surface area contributed by atoms with Gasteiger partial charge in [-0.3, -0.25) is 0 Å². The van der Waals surface area contributed by atoms with Crippen molar-refractivity contribution in [3.63, 3.8) is 0 Å². The van der Waals surface area contributed by atoms with Gasteiger partial charge in [0.1, 0.15) is 6.04 Å². The van der Waals surface area contributed by atoms with Crippen molar-refractivity contribution in [3.05, 3.63) is 12.1 Å². The SMILES string of the molecule is COC(=O)C(C)Nc1cc(OC)c(OC)c(OC)c1. The Balaban J connectivity index is 3.06. The zero-order valence-electron chi connectivity index (χ0n) is 11.8. The molecule has 106 valence electrons. The predicted molar refractivity (Wildman–Crippen MR) is 71.2 cm³/mol. The van der Waals surface area contributed by atoms with Gasteiger partial charge in [0, 0.05) is 17.8 Å². The van der Waals surface area contributed by atoms with E-state index in [1.165, 1.54) is 28.4 Å². The van der Waals surface area contributed by atoms with E-state index in [-0.39, 0.29) is 5.97 Å². The average molecular weight is 269 g/mol. The van der Waals surface area contributed by atoms with Crippen LogP contribution >= 0.6 is 0 Å². The maximum atomic E-state index is 11.4. The smallest absolute Gasteiger partial charge is 0.327 e. The molecule has 0 aromatic heterocycles. The number of rotatable bonds is 6. The third-order valence-corrected chi connectivity index (χ3v) is 2.60. The van der Waals surface area contributed by atoms with E-state index in [0.29, 0.717) is 22.9 Å². The molecule has 0 aliphatic carbocycles. The van der Waals surface area contributed by atoms with E-state index >= 15 is 0 Å². The molecule has 0 saturated heterocycles. The van der Waals surface area contributed by atoms with Crippen molar-refractivity contribution < 1.29 is 23.7 Å². The molecule has 0 aliphatic heterocycles. The minimum atomic E-state index is -0.479. The Hall–Kier alpha value is -2.11. The van der Waals surface area contributed by atoms with E-state index in [0.717, 1.165) is 0 Å². The summed E-state index contributed by atoms with van der Waals surface area (Å²) in [6.07, 6.45) is 0. The largest absolute Gasteiger partial charge is 0.493 e. The van der Waals surface area contributed by atoms with Crippen LogP contribution in [-0.2, 0) is 9.53 Å². The Labute approximate surface area is 112 Å². The monoisotopic (exact) mass is 269 g/mol. The summed E-state index contributed by atoms with van der Waals surface area (Å²) in [5.74, 6) is 1.18. The number of ether oxygens (including phenoxy) is 4. The number of carbonyl (C=O) groups is 1. The van der Waals surface area contributed by atoms with Gasteiger partial charge >= 0.3 is 5.97 Å². The lowest BCUT2D eigenvalue weighted by Crippen LogP contribution is -2.27. The summed E-state index contributed by atoms with van der Waals surface area (Å²) in [6, 6.07) is 2.97. The number of esters is 1. The van der Waals surface area contributed by atoms with E-state index < -0.39 is 6.04 Å². The number of carbonyl (C=O) groups excluding carboxylic acids is 1. The lowest BCUT2D eigenvalue weighted by atomic mass is 10.2. The van der Waals surface area contributed by atoms with E-state index in [1.54, 1.807) is 19.1 Å². The van der Waals surface area contributed by atoms with Crippen LogP contribution in [0.2, 0.25) is 0 Å². The van der Waals surface area contributed by atoms with Gasteiger partial charge in [0.15, 0.2) is 11.5 Å². The number of methoxy groups -OCH3 is 4. The van der Waals surface area contributed by atoms with Gasteiger partial charge in [0.25, 0.3) is 0 Å². The van der Waals surface area contributed by atoms with Crippen molar-refractivity contribution >= 4 is 11.7 Å². The molecule has 1 unspecified atom stereocenters. The van der Waals surface area contributed by atoms with Gasteiger partial charge in [-0.2, -0.15) is 0 Å². The van der Waals surface area contributed by atoms with Crippen LogP contribution in [-0.4, -0.2) is 40.5 Å². The molecule has 6 nitrogen and oxygen atoms in total. The molecule has 1 aromatic carbocycles. The van der Waals surface area contributed by atoms with Crippen LogP contribution in [0.15, 0.2) is 12.1 Å². The Morgan fingerprint density at radius 1 is 1.05 bits per heavy atom. The van der Waals surface area contributed by atoms with E-state index in [2.05, 4.69) is 10.1 Å². The van der Waals surface area contributed by atoms with Crippen molar-refractivity contribution in [2.24, 2.45) is 0 Å². The Morgan fingerprint density at radius 2 is 1.58 bits per heavy atom. The second kappa shape index (κ2) is 6.72. The molecule has 0 fully saturated rings. The molecule has 0 saturated carbocycles. The fraction of sp³-hybridized carbons (Fsp3) is 0.462. The lowest BCUT2D eigenvalue weighted by molar-refractivity contribution is -0.141. The van der Waals surface area contributed by atoms with Crippen molar-refractivity contribution in [2.75, 3.05) is 33.8 Å². The first kappa shape index (κ1) is 14.9. The molecule has 1 atom stereocenters. The zero-order chi connectivity index (χ0) is 14.4. The van der Waals surface area contributed by atoms with E-state index in [1.807, 2.05) is 0 Å². The van der Waals surface area contributed by atoms with Gasteiger partial charge in [-0.1, -0.05) is 0 Å². The number of nitrogens with one attached hydrogen (secondary N) is 1. The van der Waals surface area contributed by atoms with Crippen molar-refractivity contribution in [2.45, 2.75) is 13.0 Å². The first-order valence-corrected chi connectivity index (χ1v) is 5.71. The molecule has 0 spiro atoms. The maximum Gasteiger partial charge on any atom is 0.327 e. The van der Waals surface area contributed by atoms with Crippen LogP contribution in [0.5, 0.6) is 17.2 Å². The molecular formula is C13H19NO5. The summed E-state index contributed by atoms with van der Waals surface area (Å²) in [4.78, 5) is 11.4. The summed E-state index contributed by atoms with van der Waals surface area (Å²) >= 11 is 0. The Kier molecular flexibility index (Phi) is 5.29. The summed E-state index contributed by atoms with van der Waals surface area (Å²) in [6.45, 7) is 1.70. The molecular weight excluding hydrogens is 250 g/mol. The van der Waals surface area contributed by atoms with Gasteiger partial charge in [-0.25, -0.2) is 4.79 Å². The maximum absolute atomic E-state index is 11.4. The first-order valence-electron chi connectivity index (χ1n) is 5.71. The Morgan fingerprint density at radius 3 is 1.95 bits per heavy atom. The normalized spacial score (nSPS) is 11.4. The van der Waals surface area contributed by atoms with Gasteiger partial charge in [0.2, 0.25) is 5.75 Å². The molecule has 1 N–H and O–H groups in total. The third kappa shape index (κ3) is 3.43. The molecule has 0 bridgehead atoms. The van der Waals surface area contributed by atoms with Crippen LogP contribution in [0, 0.1) is 0 Å². The summed E-state index contributed by atoms with van der Waals surface area (Å²) < 4.78 is 20.3. The van der Waals surface area contributed by atoms with Gasteiger partial charge < -0.3 is 24.3 Å². The number of benzene rings is 1. The fourth-order valence-corrected chi connectivity index (χ4v) is 1.65. The fourth-order valence-electron chi connectivity index (χ4n) is 1.65. The summed E-state index contributed by atoms with van der Waals surface area (Å²) in [5.41, 5.74) is 0.674. The van der Waals surface area contributed by atoms with Crippen LogP contribution in [0.25, 0.3) is 0 Å². The van der Waals surface area contributed by atoms with Gasteiger partial charge in [-0.05, 0) is 6.92 Å². The van der Waals surface area contributed by atoms with Gasteiger partial charge in [-0.15, -0.1) is 0 Å². The highest BCUT2D eigenvalue weighted by Gasteiger charge is 2.17. The number of anilines is 1. The topological polar surface area (TPSA) is 66.0 Å². The first-order chi connectivity index (χ1) is 9.07. The minimum Gasteiger partial charge on any atom is -0.493 e. The third-order valence-electron chi connectivity index (χ3n) is 2.60. The quantitative estimate of drug-likeness (QED) is 0.793. The molecule has 1 aromatic rings. The molecule has 0 aliphatic rings. The Bertz CT molecular complexity index is 422. The molecule has 19 heavy (non-hydrogen) atoms. The van der Waals surface area contributed by atoms with Gasteiger partial charge in [0.05, 0.1) is 28.4 Å². The molecule has 6 heteroatoms. The highest BCUT2D eigenvalue weighted by atomic mass is 16.5. The second-order valence-corrected chi connectivity index (χ2v) is 3.80. The standard InChI is InChI=1S/C13H19NO5/c1-8(13(15)19-5)14-9-6-10(16-2)12(18-4)11(7-9)17-3/h6-8,14H,1-5H3. The van der Waals surface area contributed by atoms with E-state index in [9.17, 15) is 4.79 Å². The molecule has 0 amide bonds. The number of hydrogen-bond donors (Lipinski definition) is 1. The van der Waals surface area contributed by atoms with Crippen molar-refractivity contribution in [1.82, 2.24) is 0 Å². The zero-order valence-corrected chi connectivity index (χ0v) is 11.8. The average Bonchev–Trinajstić information content (AvgIpc) is 2.44. The van der Waals surface area contributed by atoms with Crippen LogP contribution in [0.3, 0.4) is 0 Å². The molecule has 1 rings (SSSR count). The van der Waals surface area contributed by atoms with Crippen LogP contribution < -0.4 is 19.5 Å². The second-order valence-electron chi connectivity index (χ2n) is 3.80. The molecule has 0 radical (unpaired) electrons. The number of hydrogen-bond acceptors (Lipinski definition) is 6.